The molecule has 0 aliphatic rings. The first-order valence-electron chi connectivity index (χ1n) is 9.25. The molecule has 0 fully saturated rings. The summed E-state index contributed by atoms with van der Waals surface area (Å²) < 4.78 is 5.84. The Kier molecular flexibility index (Phi) is 7.25. The topological polar surface area (TPSA) is 78.8 Å². The lowest BCUT2D eigenvalue weighted by Gasteiger charge is -2.16. The van der Waals surface area contributed by atoms with E-state index >= 15 is 0 Å². The predicted molar refractivity (Wildman–Crippen MR) is 114 cm³/mol. The van der Waals surface area contributed by atoms with Gasteiger partial charge in [-0.2, -0.15) is 0 Å². The Morgan fingerprint density at radius 3 is 2.52 bits per heavy atom. The minimum Gasteiger partial charge on any atom is -0.491 e. The van der Waals surface area contributed by atoms with Crippen molar-refractivity contribution in [3.63, 3.8) is 0 Å². The van der Waals surface area contributed by atoms with E-state index in [0.29, 0.717) is 23.9 Å². The third kappa shape index (κ3) is 5.57. The quantitative estimate of drug-likeness (QED) is 0.454. The molecule has 0 radical (unpaired) electrons. The van der Waals surface area contributed by atoms with Gasteiger partial charge >= 0.3 is 5.97 Å². The number of aliphatic hydroxyl groups excluding tert-OH is 1. The van der Waals surface area contributed by atoms with Crippen LogP contribution in [0.2, 0.25) is 5.02 Å². The summed E-state index contributed by atoms with van der Waals surface area (Å²) in [6.07, 6.45) is -0.695. The van der Waals surface area contributed by atoms with E-state index in [0.717, 1.165) is 16.7 Å². The maximum absolute atomic E-state index is 11.6. The molecule has 1 atom stereocenters. The van der Waals surface area contributed by atoms with Gasteiger partial charge in [-0.25, -0.2) is 4.79 Å². The monoisotopic (exact) mass is 411 g/mol. The molecule has 0 amide bonds. The molecule has 3 rings (SSSR count). The second kappa shape index (κ2) is 10.1. The number of rotatable bonds is 9. The molecule has 3 aromatic rings. The lowest BCUT2D eigenvalue weighted by Crippen LogP contribution is -2.26. The van der Waals surface area contributed by atoms with Crippen molar-refractivity contribution < 1.29 is 19.7 Å². The molecule has 6 heteroatoms. The molecule has 0 saturated carbocycles. The zero-order valence-electron chi connectivity index (χ0n) is 15.7. The number of aliphatic hydroxyl groups is 1. The SMILES string of the molecule is O=C(O)c1cccc(-c2ccccc2)c1OCCNCC(O)c1cccc(Cl)c1. The smallest absolute Gasteiger partial charge is 0.339 e. The van der Waals surface area contributed by atoms with Crippen molar-refractivity contribution in [2.24, 2.45) is 0 Å². The number of benzene rings is 3. The number of aromatic carboxylic acids is 1. The van der Waals surface area contributed by atoms with Crippen LogP contribution in [0.1, 0.15) is 22.0 Å². The van der Waals surface area contributed by atoms with Crippen LogP contribution in [0.15, 0.2) is 72.8 Å². The molecule has 29 heavy (non-hydrogen) atoms. The molecule has 1 unspecified atom stereocenters. The van der Waals surface area contributed by atoms with Crippen molar-refractivity contribution in [1.29, 1.82) is 0 Å². The number of hydrogen-bond donors (Lipinski definition) is 3. The first kappa shape index (κ1) is 20.9. The van der Waals surface area contributed by atoms with Gasteiger partial charge in [-0.05, 0) is 29.3 Å². The van der Waals surface area contributed by atoms with Gasteiger partial charge < -0.3 is 20.3 Å². The molecule has 0 saturated heterocycles. The summed E-state index contributed by atoms with van der Waals surface area (Å²) in [6, 6.07) is 21.7. The molecule has 3 N–H and O–H groups in total. The molecule has 3 aromatic carbocycles. The predicted octanol–water partition coefficient (Wildman–Crippen LogP) is 4.41. The van der Waals surface area contributed by atoms with Crippen molar-refractivity contribution in [2.45, 2.75) is 6.10 Å². The molecule has 0 spiro atoms. The normalized spacial score (nSPS) is 11.8. The Labute approximate surface area is 174 Å². The number of carbonyl (C=O) groups is 1. The van der Waals surface area contributed by atoms with Gasteiger partial charge in [0.2, 0.25) is 0 Å². The Morgan fingerprint density at radius 1 is 1.03 bits per heavy atom. The van der Waals surface area contributed by atoms with E-state index in [2.05, 4.69) is 5.32 Å². The summed E-state index contributed by atoms with van der Waals surface area (Å²) in [5.41, 5.74) is 2.46. The minimum absolute atomic E-state index is 0.116. The molecule has 0 aliphatic carbocycles. The van der Waals surface area contributed by atoms with Crippen LogP contribution >= 0.6 is 11.6 Å². The van der Waals surface area contributed by atoms with Gasteiger partial charge in [-0.15, -0.1) is 0 Å². The highest BCUT2D eigenvalue weighted by molar-refractivity contribution is 6.30. The number of nitrogens with one attached hydrogen (secondary N) is 1. The van der Waals surface area contributed by atoms with Crippen LogP contribution in [-0.2, 0) is 0 Å². The Hall–Kier alpha value is -2.86. The molecule has 0 bridgehead atoms. The van der Waals surface area contributed by atoms with Gasteiger partial charge in [-0.1, -0.05) is 66.2 Å². The summed E-state index contributed by atoms with van der Waals surface area (Å²) in [4.78, 5) is 11.6. The van der Waals surface area contributed by atoms with Crippen LogP contribution in [0.5, 0.6) is 5.75 Å². The van der Waals surface area contributed by atoms with E-state index in [1.165, 1.54) is 6.07 Å². The third-order valence-electron chi connectivity index (χ3n) is 4.43. The van der Waals surface area contributed by atoms with Crippen LogP contribution in [-0.4, -0.2) is 35.9 Å². The number of para-hydroxylation sites is 1. The minimum atomic E-state index is -1.04. The maximum Gasteiger partial charge on any atom is 0.339 e. The zero-order chi connectivity index (χ0) is 20.6. The third-order valence-corrected chi connectivity index (χ3v) is 4.66. The van der Waals surface area contributed by atoms with Crippen molar-refractivity contribution in [3.8, 4) is 16.9 Å². The highest BCUT2D eigenvalue weighted by Crippen LogP contribution is 2.33. The molecular formula is C23H22ClNO4. The molecule has 5 nitrogen and oxygen atoms in total. The van der Waals surface area contributed by atoms with Gasteiger partial charge in [-0.3, -0.25) is 0 Å². The number of ether oxygens (including phenoxy) is 1. The van der Waals surface area contributed by atoms with Gasteiger partial charge in [0, 0.05) is 23.7 Å². The molecule has 0 heterocycles. The first-order valence-corrected chi connectivity index (χ1v) is 9.63. The van der Waals surface area contributed by atoms with Gasteiger partial charge in [0.15, 0.2) is 0 Å². The van der Waals surface area contributed by atoms with E-state index in [-0.39, 0.29) is 12.2 Å². The summed E-state index contributed by atoms with van der Waals surface area (Å²) in [7, 11) is 0. The van der Waals surface area contributed by atoms with Crippen LogP contribution < -0.4 is 10.1 Å². The van der Waals surface area contributed by atoms with Gasteiger partial charge in [0.05, 0.1) is 6.10 Å². The summed E-state index contributed by atoms with van der Waals surface area (Å²) in [6.45, 7) is 1.03. The van der Waals surface area contributed by atoms with E-state index in [1.54, 1.807) is 24.3 Å². The summed E-state index contributed by atoms with van der Waals surface area (Å²) in [5.74, 6) is -0.703. The largest absolute Gasteiger partial charge is 0.491 e. The standard InChI is InChI=1S/C23H22ClNO4/c24-18-9-4-8-17(14-18)21(26)15-25-12-13-29-22-19(16-6-2-1-3-7-16)10-5-11-20(22)23(27)28/h1-11,14,21,25-26H,12-13,15H2,(H,27,28). The summed E-state index contributed by atoms with van der Waals surface area (Å²) >= 11 is 5.95. The Balaban J connectivity index is 1.62. The van der Waals surface area contributed by atoms with Crippen LogP contribution in [0, 0.1) is 0 Å². The van der Waals surface area contributed by atoms with Gasteiger partial charge in [0.1, 0.15) is 17.9 Å². The average molecular weight is 412 g/mol. The van der Waals surface area contributed by atoms with E-state index in [4.69, 9.17) is 16.3 Å². The summed E-state index contributed by atoms with van der Waals surface area (Å²) in [5, 5.41) is 23.4. The number of halogens is 1. The van der Waals surface area contributed by atoms with Gasteiger partial charge in [0.25, 0.3) is 0 Å². The fourth-order valence-corrected chi connectivity index (χ4v) is 3.20. The highest BCUT2D eigenvalue weighted by atomic mass is 35.5. The van der Waals surface area contributed by atoms with E-state index < -0.39 is 12.1 Å². The second-order valence-corrected chi connectivity index (χ2v) is 6.91. The first-order chi connectivity index (χ1) is 14.1. The van der Waals surface area contributed by atoms with Crippen LogP contribution in [0.3, 0.4) is 0 Å². The van der Waals surface area contributed by atoms with Crippen LogP contribution in [0.25, 0.3) is 11.1 Å². The van der Waals surface area contributed by atoms with Crippen LogP contribution in [0.4, 0.5) is 0 Å². The molecule has 150 valence electrons. The number of carboxylic acid groups (broad SMARTS) is 1. The maximum atomic E-state index is 11.6. The highest BCUT2D eigenvalue weighted by Gasteiger charge is 2.16. The Morgan fingerprint density at radius 2 is 1.79 bits per heavy atom. The fourth-order valence-electron chi connectivity index (χ4n) is 3.00. The molecular weight excluding hydrogens is 390 g/mol. The lowest BCUT2D eigenvalue weighted by molar-refractivity contribution is 0.0692. The van der Waals surface area contributed by atoms with Crippen molar-refractivity contribution in [3.05, 3.63) is 88.9 Å². The number of carboxylic acids is 1. The second-order valence-electron chi connectivity index (χ2n) is 6.48. The van der Waals surface area contributed by atoms with E-state index in [1.807, 2.05) is 42.5 Å². The van der Waals surface area contributed by atoms with Crippen molar-refractivity contribution in [1.82, 2.24) is 5.32 Å². The zero-order valence-corrected chi connectivity index (χ0v) is 16.5. The van der Waals surface area contributed by atoms with Crippen molar-refractivity contribution in [2.75, 3.05) is 19.7 Å². The molecule has 0 aromatic heterocycles. The average Bonchev–Trinajstić information content (AvgIpc) is 2.73. The fraction of sp³-hybridized carbons (Fsp3) is 0.174. The van der Waals surface area contributed by atoms with Crippen molar-refractivity contribution >= 4 is 17.6 Å². The number of hydrogen-bond acceptors (Lipinski definition) is 4. The lowest BCUT2D eigenvalue weighted by atomic mass is 10.0. The van der Waals surface area contributed by atoms with E-state index in [9.17, 15) is 15.0 Å². The Bertz CT molecular complexity index is 962. The molecule has 0 aliphatic heterocycles.